The van der Waals surface area contributed by atoms with Gasteiger partial charge in [-0.15, -0.1) is 0 Å². The van der Waals surface area contributed by atoms with Crippen LogP contribution in [0.1, 0.15) is 50.3 Å². The van der Waals surface area contributed by atoms with E-state index in [-0.39, 0.29) is 39.1 Å². The maximum absolute atomic E-state index is 14.2. The van der Waals surface area contributed by atoms with E-state index >= 15 is 0 Å². The zero-order valence-electron chi connectivity index (χ0n) is 24.0. The van der Waals surface area contributed by atoms with E-state index in [0.29, 0.717) is 6.42 Å². The van der Waals surface area contributed by atoms with Crippen molar-refractivity contribution in [2.24, 2.45) is 0 Å². The molecule has 0 aliphatic rings. The molecule has 3 rings (SSSR count). The Morgan fingerprint density at radius 3 is 2.20 bits per heavy atom. The molecule has 2 amide bonds. The molecule has 0 radical (unpaired) electrons. The van der Waals surface area contributed by atoms with E-state index in [2.05, 4.69) is 5.32 Å². The van der Waals surface area contributed by atoms with E-state index < -0.39 is 28.5 Å². The molecule has 0 saturated heterocycles. The minimum Gasteiger partial charge on any atom is -0.352 e. The summed E-state index contributed by atoms with van der Waals surface area (Å²) in [4.78, 5) is 29.0. The molecule has 0 heterocycles. The normalized spacial score (nSPS) is 12.9. The molecule has 3 aromatic rings. The second-order valence-corrected chi connectivity index (χ2v) is 12.9. The van der Waals surface area contributed by atoms with Crippen LogP contribution in [0, 0.1) is 13.8 Å². The summed E-state index contributed by atoms with van der Waals surface area (Å²) in [5.74, 6) is -0.846. The monoisotopic (exact) mass is 617 g/mol. The number of anilines is 1. The van der Waals surface area contributed by atoms with Gasteiger partial charge in [-0.3, -0.25) is 13.9 Å². The number of sulfonamides is 1. The summed E-state index contributed by atoms with van der Waals surface area (Å²) in [7, 11) is -4.25. The topological polar surface area (TPSA) is 86.8 Å². The van der Waals surface area contributed by atoms with Crippen LogP contribution in [0.25, 0.3) is 0 Å². The van der Waals surface area contributed by atoms with Crippen molar-refractivity contribution in [2.45, 2.75) is 71.0 Å². The number of aryl methyl sites for hydroxylation is 2. The van der Waals surface area contributed by atoms with Crippen molar-refractivity contribution in [1.29, 1.82) is 0 Å². The minimum atomic E-state index is -4.25. The highest BCUT2D eigenvalue weighted by atomic mass is 35.5. The van der Waals surface area contributed by atoms with E-state index in [1.165, 1.54) is 29.2 Å². The number of benzene rings is 3. The molecule has 0 unspecified atom stereocenters. The number of rotatable bonds is 12. The molecular weight excluding hydrogens is 581 g/mol. The Hall–Kier alpha value is -3.07. The molecular formula is C31H37Cl2N3O4S. The Kier molecular flexibility index (Phi) is 11.2. The number of hydrogen-bond acceptors (Lipinski definition) is 4. The fraction of sp³-hybridized carbons (Fsp3) is 0.355. The summed E-state index contributed by atoms with van der Waals surface area (Å²) in [6.07, 6.45) is 1.06. The third kappa shape index (κ3) is 8.24. The summed E-state index contributed by atoms with van der Waals surface area (Å²) in [6, 6.07) is 17.5. The third-order valence-corrected chi connectivity index (χ3v) is 9.22. The molecule has 0 fully saturated rings. The second-order valence-electron chi connectivity index (χ2n) is 10.2. The number of hydrogen-bond donors (Lipinski definition) is 1. The number of halogens is 2. The van der Waals surface area contributed by atoms with Crippen molar-refractivity contribution in [2.75, 3.05) is 10.8 Å². The Morgan fingerprint density at radius 2 is 1.59 bits per heavy atom. The summed E-state index contributed by atoms with van der Waals surface area (Å²) in [5.41, 5.74) is 2.78. The molecule has 0 aliphatic heterocycles. The lowest BCUT2D eigenvalue weighted by Crippen LogP contribution is -2.53. The van der Waals surface area contributed by atoms with Crippen LogP contribution in [0.3, 0.4) is 0 Å². The van der Waals surface area contributed by atoms with Crippen LogP contribution in [0.15, 0.2) is 71.6 Å². The van der Waals surface area contributed by atoms with Gasteiger partial charge in [-0.1, -0.05) is 84.6 Å². The largest absolute Gasteiger partial charge is 0.352 e. The van der Waals surface area contributed by atoms with Gasteiger partial charge in [-0.05, 0) is 69.5 Å². The van der Waals surface area contributed by atoms with Gasteiger partial charge in [0.1, 0.15) is 12.6 Å². The number of nitrogens with zero attached hydrogens (tertiary/aromatic N) is 2. The first-order chi connectivity index (χ1) is 19.4. The third-order valence-electron chi connectivity index (χ3n) is 6.89. The zero-order chi connectivity index (χ0) is 30.3. The number of nitrogens with one attached hydrogen (secondary N) is 1. The van der Waals surface area contributed by atoms with E-state index in [0.717, 1.165) is 27.4 Å². The van der Waals surface area contributed by atoms with Crippen molar-refractivity contribution in [3.63, 3.8) is 0 Å². The van der Waals surface area contributed by atoms with Crippen molar-refractivity contribution >= 4 is 50.7 Å². The average Bonchev–Trinajstić information content (AvgIpc) is 2.93. The number of amides is 2. The molecule has 41 heavy (non-hydrogen) atoms. The standard InChI is InChI=1S/C31H37Cl2N3O4S/c1-6-23(5)34-31(38)28(7-2)35(19-24-10-8-9-22(4)17-24)30(37)20-36(29-18-25(32)13-16-27(29)33)41(39,40)26-14-11-21(3)12-15-26/h8-18,23,28H,6-7,19-20H2,1-5H3,(H,34,38)/t23-,28-/m1/s1. The van der Waals surface area contributed by atoms with Crippen molar-refractivity contribution < 1.29 is 18.0 Å². The molecule has 0 aliphatic carbocycles. The van der Waals surface area contributed by atoms with Gasteiger partial charge in [0.2, 0.25) is 11.8 Å². The maximum atomic E-state index is 14.2. The highest BCUT2D eigenvalue weighted by molar-refractivity contribution is 7.92. The van der Waals surface area contributed by atoms with E-state index in [1.54, 1.807) is 18.2 Å². The highest BCUT2D eigenvalue weighted by Crippen LogP contribution is 2.33. The first-order valence-corrected chi connectivity index (χ1v) is 15.8. The first-order valence-electron chi connectivity index (χ1n) is 13.6. The van der Waals surface area contributed by atoms with E-state index in [4.69, 9.17) is 23.2 Å². The smallest absolute Gasteiger partial charge is 0.264 e. The fourth-order valence-corrected chi connectivity index (χ4v) is 6.26. The molecule has 0 bridgehead atoms. The van der Waals surface area contributed by atoms with Crippen LogP contribution in [0.2, 0.25) is 10.0 Å². The van der Waals surface area contributed by atoms with Crippen LogP contribution in [0.5, 0.6) is 0 Å². The zero-order valence-corrected chi connectivity index (χ0v) is 26.4. The van der Waals surface area contributed by atoms with Gasteiger partial charge < -0.3 is 10.2 Å². The Labute approximate surface area is 253 Å². The van der Waals surface area contributed by atoms with Crippen LogP contribution in [-0.2, 0) is 26.2 Å². The van der Waals surface area contributed by atoms with Crippen LogP contribution >= 0.6 is 23.2 Å². The second kappa shape index (κ2) is 14.2. The molecule has 2 atom stereocenters. The average molecular weight is 619 g/mol. The molecule has 0 saturated carbocycles. The lowest BCUT2D eigenvalue weighted by atomic mass is 10.1. The Bertz CT molecular complexity index is 1480. The number of carbonyl (C=O) groups is 2. The summed E-state index contributed by atoms with van der Waals surface area (Å²) in [6.45, 7) is 9.01. The van der Waals surface area contributed by atoms with Gasteiger partial charge in [0, 0.05) is 17.6 Å². The number of carbonyl (C=O) groups excluding carboxylic acids is 2. The predicted octanol–water partition coefficient (Wildman–Crippen LogP) is 6.53. The highest BCUT2D eigenvalue weighted by Gasteiger charge is 2.34. The fourth-order valence-electron chi connectivity index (χ4n) is 4.40. The van der Waals surface area contributed by atoms with Crippen LogP contribution in [0.4, 0.5) is 5.69 Å². The Morgan fingerprint density at radius 1 is 0.902 bits per heavy atom. The molecule has 220 valence electrons. The van der Waals surface area contributed by atoms with Gasteiger partial charge in [0.25, 0.3) is 10.0 Å². The van der Waals surface area contributed by atoms with Crippen LogP contribution in [-0.4, -0.2) is 43.8 Å². The van der Waals surface area contributed by atoms with Crippen molar-refractivity contribution in [3.8, 4) is 0 Å². The molecule has 0 aromatic heterocycles. The predicted molar refractivity (Wildman–Crippen MR) is 166 cm³/mol. The van der Waals surface area contributed by atoms with Crippen molar-refractivity contribution in [3.05, 3.63) is 93.5 Å². The van der Waals surface area contributed by atoms with Gasteiger partial charge in [-0.25, -0.2) is 8.42 Å². The first kappa shape index (κ1) is 32.4. The van der Waals surface area contributed by atoms with Gasteiger partial charge >= 0.3 is 0 Å². The van der Waals surface area contributed by atoms with Gasteiger partial charge in [0.15, 0.2) is 0 Å². The van der Waals surface area contributed by atoms with E-state index in [1.807, 2.05) is 58.9 Å². The lowest BCUT2D eigenvalue weighted by Gasteiger charge is -2.34. The molecule has 7 nitrogen and oxygen atoms in total. The lowest BCUT2D eigenvalue weighted by molar-refractivity contribution is -0.140. The SMILES string of the molecule is CC[C@@H](C)NC(=O)[C@@H](CC)N(Cc1cccc(C)c1)C(=O)CN(c1cc(Cl)ccc1Cl)S(=O)(=O)c1ccc(C)cc1. The molecule has 3 aromatic carbocycles. The summed E-state index contributed by atoms with van der Waals surface area (Å²) >= 11 is 12.7. The summed E-state index contributed by atoms with van der Waals surface area (Å²) in [5, 5.41) is 3.35. The minimum absolute atomic E-state index is 0.00117. The van der Waals surface area contributed by atoms with Crippen LogP contribution < -0.4 is 9.62 Å². The molecule has 0 spiro atoms. The Balaban J connectivity index is 2.10. The maximum Gasteiger partial charge on any atom is 0.264 e. The van der Waals surface area contributed by atoms with Crippen molar-refractivity contribution in [1.82, 2.24) is 10.2 Å². The van der Waals surface area contributed by atoms with Gasteiger partial charge in [-0.2, -0.15) is 0 Å². The molecule has 1 N–H and O–H groups in total. The van der Waals surface area contributed by atoms with E-state index in [9.17, 15) is 18.0 Å². The quantitative estimate of drug-likeness (QED) is 0.250. The van der Waals surface area contributed by atoms with Gasteiger partial charge in [0.05, 0.1) is 15.6 Å². The molecule has 10 heteroatoms. The summed E-state index contributed by atoms with van der Waals surface area (Å²) < 4.78 is 29.0.